The van der Waals surface area contributed by atoms with Crippen LogP contribution in [0, 0.1) is 0 Å². The average molecular weight is 494 g/mol. The van der Waals surface area contributed by atoms with Gasteiger partial charge in [-0.3, -0.25) is 0 Å². The first-order chi connectivity index (χ1) is 18.2. The molecule has 37 heavy (non-hydrogen) atoms. The number of benzene rings is 6. The van der Waals surface area contributed by atoms with Crippen molar-refractivity contribution in [2.24, 2.45) is 0 Å². The molecular formula is C34H24NOP. The van der Waals surface area contributed by atoms with E-state index < -0.39 is 7.80 Å². The van der Waals surface area contributed by atoms with E-state index in [9.17, 15) is 4.57 Å². The zero-order valence-corrected chi connectivity index (χ0v) is 21.4. The summed E-state index contributed by atoms with van der Waals surface area (Å²) in [5, 5.41) is 7.96. The lowest BCUT2D eigenvalue weighted by Crippen LogP contribution is -1.94. The molecule has 0 amide bonds. The molecule has 0 aliphatic rings. The third kappa shape index (κ3) is 3.65. The third-order valence-electron chi connectivity index (χ3n) is 7.36. The van der Waals surface area contributed by atoms with Crippen LogP contribution in [0.4, 0.5) is 0 Å². The summed E-state index contributed by atoms with van der Waals surface area (Å²) in [4.78, 5) is 5.28. The molecule has 1 aromatic heterocycles. The Hall–Kier alpha value is -4.26. The molecule has 1 unspecified atom stereocenters. The molecule has 1 heterocycles. The van der Waals surface area contributed by atoms with Gasteiger partial charge in [-0.1, -0.05) is 121 Å². The molecule has 176 valence electrons. The Kier molecular flexibility index (Phi) is 5.16. The summed E-state index contributed by atoms with van der Waals surface area (Å²) in [5.74, 6) is 0. The number of rotatable bonds is 3. The largest absolute Gasteiger partial charge is 0.322 e. The quantitative estimate of drug-likeness (QED) is 0.140. The van der Waals surface area contributed by atoms with Gasteiger partial charge in [-0.2, -0.15) is 0 Å². The molecule has 0 fully saturated rings. The molecule has 0 saturated heterocycles. The highest BCUT2D eigenvalue weighted by molar-refractivity contribution is 7.52. The van der Waals surface area contributed by atoms with Gasteiger partial charge in [-0.15, -0.1) is 0 Å². The van der Waals surface area contributed by atoms with E-state index in [4.69, 9.17) is 4.98 Å². The van der Waals surface area contributed by atoms with E-state index in [1.807, 2.05) is 12.1 Å². The molecule has 1 atom stereocenters. The predicted molar refractivity (Wildman–Crippen MR) is 160 cm³/mol. The summed E-state index contributed by atoms with van der Waals surface area (Å²) in [6.45, 7) is 1.78. The van der Waals surface area contributed by atoms with E-state index >= 15 is 0 Å². The second kappa shape index (κ2) is 8.69. The fourth-order valence-corrected chi connectivity index (χ4v) is 6.09. The van der Waals surface area contributed by atoms with Crippen molar-refractivity contribution < 1.29 is 4.57 Å². The van der Waals surface area contributed by atoms with Crippen molar-refractivity contribution >= 4 is 56.5 Å². The topological polar surface area (TPSA) is 30.0 Å². The minimum Gasteiger partial charge on any atom is -0.322 e. The van der Waals surface area contributed by atoms with Crippen molar-refractivity contribution in [3.63, 3.8) is 0 Å². The number of hydrogen-bond acceptors (Lipinski definition) is 2. The molecule has 0 aliphatic carbocycles. The highest BCUT2D eigenvalue weighted by Crippen LogP contribution is 2.40. The Morgan fingerprint density at radius 2 is 0.946 bits per heavy atom. The summed E-state index contributed by atoms with van der Waals surface area (Å²) < 4.78 is 11.9. The maximum absolute atomic E-state index is 11.9. The first-order valence-electron chi connectivity index (χ1n) is 12.5. The highest BCUT2D eigenvalue weighted by Gasteiger charge is 2.15. The fourth-order valence-electron chi connectivity index (χ4n) is 5.45. The van der Waals surface area contributed by atoms with E-state index in [2.05, 4.69) is 109 Å². The van der Waals surface area contributed by atoms with Gasteiger partial charge in [-0.05, 0) is 34.1 Å². The summed E-state index contributed by atoms with van der Waals surface area (Å²) in [5.41, 5.74) is 6.72. The van der Waals surface area contributed by atoms with Crippen LogP contribution in [0.2, 0.25) is 0 Å². The van der Waals surface area contributed by atoms with Crippen molar-refractivity contribution in [1.29, 1.82) is 0 Å². The van der Waals surface area contributed by atoms with Gasteiger partial charge in [0.2, 0.25) is 0 Å². The lowest BCUT2D eigenvalue weighted by molar-refractivity contribution is 0.596. The van der Waals surface area contributed by atoms with Crippen LogP contribution in [0.15, 0.2) is 121 Å². The maximum atomic E-state index is 11.9. The molecule has 0 aliphatic heterocycles. The van der Waals surface area contributed by atoms with Crippen LogP contribution in [0.3, 0.4) is 0 Å². The van der Waals surface area contributed by atoms with Crippen LogP contribution in [0.5, 0.6) is 0 Å². The minimum absolute atomic E-state index is 0.916. The lowest BCUT2D eigenvalue weighted by Gasteiger charge is -2.15. The average Bonchev–Trinajstić information content (AvgIpc) is 2.96. The zero-order valence-electron chi connectivity index (χ0n) is 20.4. The van der Waals surface area contributed by atoms with Gasteiger partial charge >= 0.3 is 0 Å². The molecular weight excluding hydrogens is 469 g/mol. The molecule has 7 rings (SSSR count). The summed E-state index contributed by atoms with van der Waals surface area (Å²) in [6.07, 6.45) is 0. The van der Waals surface area contributed by atoms with E-state index in [1.165, 1.54) is 32.7 Å². The molecule has 0 bridgehead atoms. The first kappa shape index (κ1) is 22.0. The number of hydrogen-bond donors (Lipinski definition) is 0. The SMILES string of the molecule is C[PH](=O)c1ccc(-c2ccc(-c3c4ccc5ccccc5c4nc4c3ccc3ccccc34)cc2)cc1. The minimum atomic E-state index is -1.68. The highest BCUT2D eigenvalue weighted by atomic mass is 31.1. The van der Waals surface area contributed by atoms with Gasteiger partial charge in [0.05, 0.1) is 11.0 Å². The molecule has 6 aromatic carbocycles. The molecule has 2 nitrogen and oxygen atoms in total. The normalized spacial score (nSPS) is 12.5. The van der Waals surface area contributed by atoms with Gasteiger partial charge in [0.15, 0.2) is 0 Å². The second-order valence-corrected chi connectivity index (χ2v) is 11.3. The Morgan fingerprint density at radius 1 is 0.486 bits per heavy atom. The molecule has 0 radical (unpaired) electrons. The molecule has 0 saturated carbocycles. The van der Waals surface area contributed by atoms with Crippen molar-refractivity contribution in [2.75, 3.05) is 6.66 Å². The van der Waals surface area contributed by atoms with Gasteiger partial charge < -0.3 is 4.57 Å². The van der Waals surface area contributed by atoms with Gasteiger partial charge in [0.25, 0.3) is 0 Å². The monoisotopic (exact) mass is 493 g/mol. The fraction of sp³-hybridized carbons (Fsp3) is 0.0294. The van der Waals surface area contributed by atoms with E-state index in [1.54, 1.807) is 6.66 Å². The van der Waals surface area contributed by atoms with Crippen LogP contribution in [0.25, 0.3) is 65.6 Å². The Morgan fingerprint density at radius 3 is 1.46 bits per heavy atom. The van der Waals surface area contributed by atoms with Crippen LogP contribution >= 0.6 is 7.80 Å². The van der Waals surface area contributed by atoms with Crippen LogP contribution < -0.4 is 5.30 Å². The summed E-state index contributed by atoms with van der Waals surface area (Å²) in [6, 6.07) is 42.7. The molecule has 3 heteroatoms. The third-order valence-corrected chi connectivity index (χ3v) is 8.51. The van der Waals surface area contributed by atoms with Crippen LogP contribution in [0.1, 0.15) is 0 Å². The number of nitrogens with zero attached hydrogens (tertiary/aromatic N) is 1. The van der Waals surface area contributed by atoms with E-state index in [0.717, 1.165) is 38.2 Å². The molecule has 0 spiro atoms. The van der Waals surface area contributed by atoms with Gasteiger partial charge in [0, 0.05) is 32.4 Å². The van der Waals surface area contributed by atoms with Crippen LogP contribution in [-0.2, 0) is 4.57 Å². The summed E-state index contributed by atoms with van der Waals surface area (Å²) in [7, 11) is -1.68. The van der Waals surface area contributed by atoms with Crippen molar-refractivity contribution in [2.45, 2.75) is 0 Å². The molecule has 0 N–H and O–H groups in total. The zero-order chi connectivity index (χ0) is 24.9. The smallest absolute Gasteiger partial charge is 0.101 e. The predicted octanol–water partition coefficient (Wildman–Crippen LogP) is 8.84. The number of aromatic nitrogens is 1. The maximum Gasteiger partial charge on any atom is 0.101 e. The van der Waals surface area contributed by atoms with E-state index in [-0.39, 0.29) is 0 Å². The Labute approximate surface area is 216 Å². The Bertz CT molecular complexity index is 1900. The van der Waals surface area contributed by atoms with Gasteiger partial charge in [-0.25, -0.2) is 4.98 Å². The van der Waals surface area contributed by atoms with Gasteiger partial charge in [0.1, 0.15) is 7.80 Å². The van der Waals surface area contributed by atoms with Crippen LogP contribution in [-0.4, -0.2) is 11.6 Å². The van der Waals surface area contributed by atoms with Crippen molar-refractivity contribution in [3.8, 4) is 22.3 Å². The lowest BCUT2D eigenvalue weighted by atomic mass is 9.91. The standard InChI is InChI=1S/C34H24NOP/c1-37(36)27-18-14-23(15-19-27)22-10-12-26(13-11-22)32-30-20-16-24-6-2-4-8-28(24)33(30)35-34-29-9-5-3-7-25(29)17-21-31(32)34/h2-21,37H,1H3. The number of fused-ring (bicyclic) bond motifs is 6. The second-order valence-electron chi connectivity index (χ2n) is 9.56. The number of pyridine rings is 1. The van der Waals surface area contributed by atoms with Crippen molar-refractivity contribution in [3.05, 3.63) is 121 Å². The Balaban J connectivity index is 1.50. The summed E-state index contributed by atoms with van der Waals surface area (Å²) >= 11 is 0. The molecule has 7 aromatic rings. The van der Waals surface area contributed by atoms with Crippen molar-refractivity contribution in [1.82, 2.24) is 4.98 Å². The first-order valence-corrected chi connectivity index (χ1v) is 14.4. The van der Waals surface area contributed by atoms with E-state index in [0.29, 0.717) is 0 Å².